The van der Waals surface area contributed by atoms with Gasteiger partial charge in [0.25, 0.3) is 0 Å². The fourth-order valence-electron chi connectivity index (χ4n) is 2.97. The molecule has 0 unspecified atom stereocenters. The highest BCUT2D eigenvalue weighted by Crippen LogP contribution is 2.33. The van der Waals surface area contributed by atoms with Gasteiger partial charge in [-0.05, 0) is 80.6 Å². The van der Waals surface area contributed by atoms with Crippen molar-refractivity contribution in [3.63, 3.8) is 0 Å². The van der Waals surface area contributed by atoms with Gasteiger partial charge in [0.15, 0.2) is 0 Å². The van der Waals surface area contributed by atoms with Gasteiger partial charge in [0, 0.05) is 19.9 Å². The van der Waals surface area contributed by atoms with Crippen molar-refractivity contribution >= 4 is 46.1 Å². The Morgan fingerprint density at radius 3 is 2.65 bits per heavy atom. The SMILES string of the molecule is CO[C@H]1CC[C@](CNC(=O)OC(C)(C)C)(Nc2nc(Cl)ncc2I)CC1. The second kappa shape index (κ2) is 8.88. The van der Waals surface area contributed by atoms with E-state index >= 15 is 0 Å². The summed E-state index contributed by atoms with van der Waals surface area (Å²) in [6.45, 7) is 5.96. The highest BCUT2D eigenvalue weighted by Gasteiger charge is 2.37. The molecule has 1 aromatic rings. The molecule has 0 aromatic carbocycles. The Bertz CT molecular complexity index is 631. The molecule has 1 aliphatic rings. The van der Waals surface area contributed by atoms with Crippen molar-refractivity contribution in [2.75, 3.05) is 19.0 Å². The van der Waals surface area contributed by atoms with E-state index in [1.54, 1.807) is 13.3 Å². The zero-order chi connectivity index (χ0) is 19.4. The van der Waals surface area contributed by atoms with Crippen molar-refractivity contribution in [3.05, 3.63) is 15.1 Å². The topological polar surface area (TPSA) is 85.4 Å². The van der Waals surface area contributed by atoms with Gasteiger partial charge in [-0.25, -0.2) is 9.78 Å². The Labute approximate surface area is 173 Å². The fraction of sp³-hybridized carbons (Fsp3) is 0.706. The van der Waals surface area contributed by atoms with Crippen LogP contribution >= 0.6 is 34.2 Å². The molecular weight excluding hydrogens is 471 g/mol. The van der Waals surface area contributed by atoms with Crippen LogP contribution in [0.25, 0.3) is 0 Å². The van der Waals surface area contributed by atoms with Gasteiger partial charge in [0.2, 0.25) is 5.28 Å². The molecule has 26 heavy (non-hydrogen) atoms. The quantitative estimate of drug-likeness (QED) is 0.473. The predicted molar refractivity (Wildman–Crippen MR) is 110 cm³/mol. The normalized spacial score (nSPS) is 23.4. The van der Waals surface area contributed by atoms with Gasteiger partial charge in [0.05, 0.1) is 15.2 Å². The summed E-state index contributed by atoms with van der Waals surface area (Å²) >= 11 is 8.12. The summed E-state index contributed by atoms with van der Waals surface area (Å²) in [5.74, 6) is 0.674. The summed E-state index contributed by atoms with van der Waals surface area (Å²) in [6, 6.07) is 0. The van der Waals surface area contributed by atoms with Crippen molar-refractivity contribution in [2.24, 2.45) is 0 Å². The van der Waals surface area contributed by atoms with Gasteiger partial charge in [-0.1, -0.05) is 0 Å². The predicted octanol–water partition coefficient (Wildman–Crippen LogP) is 4.00. The van der Waals surface area contributed by atoms with Gasteiger partial charge < -0.3 is 20.1 Å². The number of amides is 1. The van der Waals surface area contributed by atoms with E-state index in [0.29, 0.717) is 12.4 Å². The Hall–Kier alpha value is -0.870. The highest BCUT2D eigenvalue weighted by molar-refractivity contribution is 14.1. The maximum atomic E-state index is 12.1. The van der Waals surface area contributed by atoms with Crippen LogP contribution in [0, 0.1) is 3.57 Å². The van der Waals surface area contributed by atoms with E-state index in [2.05, 4.69) is 43.2 Å². The molecule has 1 amide bonds. The standard InChI is InChI=1S/C17H26ClIN4O3/c1-16(2,3)26-15(24)21-10-17(7-5-11(25-4)6-8-17)23-13-12(19)9-20-14(18)22-13/h9,11H,5-8,10H2,1-4H3,(H,21,24)(H,20,22,23)/t11-,17-. The lowest BCUT2D eigenvalue weighted by Gasteiger charge is -2.41. The number of halogens is 2. The number of alkyl carbamates (subject to hydrolysis) is 1. The first-order valence-electron chi connectivity index (χ1n) is 8.58. The number of ether oxygens (including phenoxy) is 2. The van der Waals surface area contributed by atoms with E-state index in [1.165, 1.54) is 0 Å². The molecule has 146 valence electrons. The lowest BCUT2D eigenvalue weighted by Crippen LogP contribution is -2.52. The number of carbonyl (C=O) groups excluding carboxylic acids is 1. The third-order valence-corrected chi connectivity index (χ3v) is 5.26. The van der Waals surface area contributed by atoms with E-state index in [-0.39, 0.29) is 16.9 Å². The number of methoxy groups -OCH3 is 1. The van der Waals surface area contributed by atoms with Gasteiger partial charge >= 0.3 is 6.09 Å². The minimum Gasteiger partial charge on any atom is -0.444 e. The fourth-order valence-corrected chi connectivity index (χ4v) is 3.49. The zero-order valence-electron chi connectivity index (χ0n) is 15.6. The molecule has 0 bridgehead atoms. The minimum absolute atomic E-state index is 0.189. The molecule has 0 saturated heterocycles. The van der Waals surface area contributed by atoms with Gasteiger partial charge in [-0.3, -0.25) is 0 Å². The molecule has 2 rings (SSSR count). The molecule has 0 atom stereocenters. The maximum absolute atomic E-state index is 12.1. The van der Waals surface area contributed by atoms with Crippen LogP contribution < -0.4 is 10.6 Å². The van der Waals surface area contributed by atoms with Crippen LogP contribution in [0.1, 0.15) is 46.5 Å². The lowest BCUT2D eigenvalue weighted by molar-refractivity contribution is 0.0437. The minimum atomic E-state index is -0.534. The number of carbonyl (C=O) groups is 1. The molecule has 1 heterocycles. The van der Waals surface area contributed by atoms with Crippen molar-refractivity contribution in [3.8, 4) is 0 Å². The van der Waals surface area contributed by atoms with Crippen LogP contribution in [-0.4, -0.2) is 47.0 Å². The Morgan fingerprint density at radius 1 is 1.42 bits per heavy atom. The number of hydrogen-bond acceptors (Lipinski definition) is 6. The number of hydrogen-bond donors (Lipinski definition) is 2. The molecule has 0 radical (unpaired) electrons. The smallest absolute Gasteiger partial charge is 0.407 e. The van der Waals surface area contributed by atoms with Crippen LogP contribution in [-0.2, 0) is 9.47 Å². The van der Waals surface area contributed by atoms with Crippen molar-refractivity contribution < 1.29 is 14.3 Å². The van der Waals surface area contributed by atoms with E-state index in [0.717, 1.165) is 29.3 Å². The first kappa shape index (κ1) is 21.4. The van der Waals surface area contributed by atoms with Crippen molar-refractivity contribution in [2.45, 2.75) is 63.7 Å². The van der Waals surface area contributed by atoms with Crippen LogP contribution in [0.2, 0.25) is 5.28 Å². The lowest BCUT2D eigenvalue weighted by atomic mass is 9.80. The Balaban J connectivity index is 2.12. The number of anilines is 1. The maximum Gasteiger partial charge on any atom is 0.407 e. The summed E-state index contributed by atoms with van der Waals surface area (Å²) < 4.78 is 11.7. The van der Waals surface area contributed by atoms with E-state index in [1.807, 2.05) is 20.8 Å². The van der Waals surface area contributed by atoms with Crippen molar-refractivity contribution in [1.29, 1.82) is 0 Å². The van der Waals surface area contributed by atoms with E-state index < -0.39 is 11.7 Å². The van der Waals surface area contributed by atoms with Gasteiger partial charge in [-0.15, -0.1) is 0 Å². The average Bonchev–Trinajstić information content (AvgIpc) is 2.56. The molecule has 1 saturated carbocycles. The summed E-state index contributed by atoms with van der Waals surface area (Å²) in [5.41, 5.74) is -0.877. The first-order valence-corrected chi connectivity index (χ1v) is 10.0. The molecule has 1 aromatic heterocycles. The van der Waals surface area contributed by atoms with Crippen LogP contribution in [0.5, 0.6) is 0 Å². The van der Waals surface area contributed by atoms with Crippen molar-refractivity contribution in [1.82, 2.24) is 15.3 Å². The number of rotatable bonds is 5. The summed E-state index contributed by atoms with van der Waals surface area (Å²) in [6.07, 6.45) is 4.94. The average molecular weight is 497 g/mol. The van der Waals surface area contributed by atoms with Crippen LogP contribution in [0.3, 0.4) is 0 Å². The molecule has 7 nitrogen and oxygen atoms in total. The first-order chi connectivity index (χ1) is 12.1. The molecule has 0 aliphatic heterocycles. The summed E-state index contributed by atoms with van der Waals surface area (Å²) in [7, 11) is 1.73. The second-order valence-corrected chi connectivity index (χ2v) is 9.03. The van der Waals surface area contributed by atoms with Crippen LogP contribution in [0.15, 0.2) is 6.20 Å². The van der Waals surface area contributed by atoms with E-state index in [9.17, 15) is 4.79 Å². The Kier molecular flexibility index (Phi) is 7.32. The molecule has 0 spiro atoms. The third-order valence-electron chi connectivity index (χ3n) is 4.29. The monoisotopic (exact) mass is 496 g/mol. The molecule has 1 fully saturated rings. The third kappa shape index (κ3) is 6.38. The second-order valence-electron chi connectivity index (χ2n) is 7.53. The van der Waals surface area contributed by atoms with Crippen LogP contribution in [0.4, 0.5) is 10.6 Å². The van der Waals surface area contributed by atoms with Gasteiger partial charge in [-0.2, -0.15) is 4.98 Å². The molecule has 2 N–H and O–H groups in total. The molecule has 1 aliphatic carbocycles. The van der Waals surface area contributed by atoms with E-state index in [4.69, 9.17) is 21.1 Å². The largest absolute Gasteiger partial charge is 0.444 e. The Morgan fingerprint density at radius 2 is 2.08 bits per heavy atom. The highest BCUT2D eigenvalue weighted by atomic mass is 127. The zero-order valence-corrected chi connectivity index (χ0v) is 18.5. The molecule has 9 heteroatoms. The number of nitrogens with zero attached hydrogens (tertiary/aromatic N) is 2. The number of aromatic nitrogens is 2. The number of nitrogens with one attached hydrogen (secondary N) is 2. The summed E-state index contributed by atoms with van der Waals surface area (Å²) in [4.78, 5) is 20.4. The summed E-state index contributed by atoms with van der Waals surface area (Å²) in [5, 5.41) is 6.58. The molecular formula is C17H26ClIN4O3. The van der Waals surface area contributed by atoms with Gasteiger partial charge in [0.1, 0.15) is 11.4 Å².